The summed E-state index contributed by atoms with van der Waals surface area (Å²) >= 11 is 0. The summed E-state index contributed by atoms with van der Waals surface area (Å²) in [6, 6.07) is 14.5. The third-order valence-corrected chi connectivity index (χ3v) is 5.81. The number of hydrogen-bond donors (Lipinski definition) is 2. The van der Waals surface area contributed by atoms with Crippen molar-refractivity contribution in [3.63, 3.8) is 0 Å². The second-order valence-electron chi connectivity index (χ2n) is 8.16. The van der Waals surface area contributed by atoms with Gasteiger partial charge in [0.2, 0.25) is 0 Å². The zero-order valence-corrected chi connectivity index (χ0v) is 17.7. The maximum absolute atomic E-state index is 9.25. The van der Waals surface area contributed by atoms with E-state index >= 15 is 0 Å². The summed E-state index contributed by atoms with van der Waals surface area (Å²) in [5, 5.41) is 21.6. The highest BCUT2D eigenvalue weighted by atomic mass is 16.2. The van der Waals surface area contributed by atoms with Gasteiger partial charge in [0.15, 0.2) is 0 Å². The fourth-order valence-corrected chi connectivity index (χ4v) is 4.03. The van der Waals surface area contributed by atoms with Crippen molar-refractivity contribution in [3.8, 4) is 17.2 Å². The summed E-state index contributed by atoms with van der Waals surface area (Å²) < 4.78 is 2.29. The fraction of sp³-hybridized carbons (Fsp3) is 0.280. The SMILES string of the molecule is N#Cc1ccnc(Nc2cc(-c3cc4ncn(C5CC5)c4cc3CCCCO)ccn2)c1. The normalized spacial score (nSPS) is 13.2. The average Bonchev–Trinajstić information content (AvgIpc) is 3.58. The van der Waals surface area contributed by atoms with Crippen LogP contribution in [0.4, 0.5) is 11.6 Å². The number of nitrogens with one attached hydrogen (secondary N) is 1. The van der Waals surface area contributed by atoms with Crippen LogP contribution in [0.3, 0.4) is 0 Å². The van der Waals surface area contributed by atoms with Crippen LogP contribution in [0.25, 0.3) is 22.2 Å². The van der Waals surface area contributed by atoms with Gasteiger partial charge in [0.05, 0.1) is 29.0 Å². The largest absolute Gasteiger partial charge is 0.396 e. The van der Waals surface area contributed by atoms with E-state index in [4.69, 9.17) is 5.26 Å². The van der Waals surface area contributed by atoms with Crippen molar-refractivity contribution in [1.82, 2.24) is 19.5 Å². The van der Waals surface area contributed by atoms with Gasteiger partial charge in [-0.1, -0.05) is 0 Å². The Bertz CT molecular complexity index is 1300. The summed E-state index contributed by atoms with van der Waals surface area (Å²) in [5.41, 5.74) is 6.13. The molecule has 1 fully saturated rings. The van der Waals surface area contributed by atoms with Crippen molar-refractivity contribution >= 4 is 22.7 Å². The third kappa shape index (κ3) is 4.18. The Morgan fingerprint density at radius 3 is 2.62 bits per heavy atom. The van der Waals surface area contributed by atoms with Crippen molar-refractivity contribution in [1.29, 1.82) is 5.26 Å². The zero-order chi connectivity index (χ0) is 21.9. The Kier molecular flexibility index (Phi) is 5.53. The fourth-order valence-electron chi connectivity index (χ4n) is 4.03. The average molecular weight is 425 g/mol. The number of pyridine rings is 2. The lowest BCUT2D eigenvalue weighted by Crippen LogP contribution is -1.98. The van der Waals surface area contributed by atoms with Gasteiger partial charge in [-0.05, 0) is 85.2 Å². The summed E-state index contributed by atoms with van der Waals surface area (Å²) in [5.74, 6) is 1.24. The van der Waals surface area contributed by atoms with Gasteiger partial charge in [-0.15, -0.1) is 0 Å². The van der Waals surface area contributed by atoms with Gasteiger partial charge >= 0.3 is 0 Å². The van der Waals surface area contributed by atoms with Gasteiger partial charge < -0.3 is 15.0 Å². The topological polar surface area (TPSA) is 99.7 Å². The van der Waals surface area contributed by atoms with E-state index in [0.717, 1.165) is 35.9 Å². The number of aliphatic hydroxyl groups is 1. The van der Waals surface area contributed by atoms with Crippen molar-refractivity contribution < 1.29 is 5.11 Å². The number of unbranched alkanes of at least 4 members (excludes halogenated alkanes) is 1. The molecular formula is C25H24N6O. The Balaban J connectivity index is 1.51. The van der Waals surface area contributed by atoms with Gasteiger partial charge in [0.25, 0.3) is 0 Å². The van der Waals surface area contributed by atoms with E-state index < -0.39 is 0 Å². The van der Waals surface area contributed by atoms with Crippen LogP contribution in [0, 0.1) is 11.3 Å². The van der Waals surface area contributed by atoms with E-state index in [1.165, 1.54) is 23.9 Å². The molecular weight excluding hydrogens is 400 g/mol. The Morgan fingerprint density at radius 2 is 1.84 bits per heavy atom. The van der Waals surface area contributed by atoms with Crippen LogP contribution in [0.1, 0.15) is 42.9 Å². The maximum atomic E-state index is 9.25. The van der Waals surface area contributed by atoms with Gasteiger partial charge in [0.1, 0.15) is 11.6 Å². The first-order chi connectivity index (χ1) is 15.7. The predicted molar refractivity (Wildman–Crippen MR) is 123 cm³/mol. The van der Waals surface area contributed by atoms with Crippen molar-refractivity contribution in [2.45, 2.75) is 38.1 Å². The molecule has 0 aliphatic heterocycles. The third-order valence-electron chi connectivity index (χ3n) is 5.81. The summed E-state index contributed by atoms with van der Waals surface area (Å²) in [7, 11) is 0. The zero-order valence-electron chi connectivity index (χ0n) is 17.7. The van der Waals surface area contributed by atoms with Crippen LogP contribution in [0.2, 0.25) is 0 Å². The summed E-state index contributed by atoms with van der Waals surface area (Å²) in [4.78, 5) is 13.4. The minimum Gasteiger partial charge on any atom is -0.396 e. The van der Waals surface area contributed by atoms with Crippen LogP contribution in [0.15, 0.2) is 55.1 Å². The van der Waals surface area contributed by atoms with Gasteiger partial charge in [-0.2, -0.15) is 5.26 Å². The number of aryl methyl sites for hydroxylation is 1. The van der Waals surface area contributed by atoms with Crippen molar-refractivity contribution in [2.75, 3.05) is 11.9 Å². The molecule has 1 aliphatic carbocycles. The number of nitrogens with zero attached hydrogens (tertiary/aromatic N) is 5. The molecule has 5 rings (SSSR count). The molecule has 0 saturated heterocycles. The number of hydrogen-bond acceptors (Lipinski definition) is 6. The second-order valence-corrected chi connectivity index (χ2v) is 8.16. The molecule has 3 heterocycles. The number of fused-ring (bicyclic) bond motifs is 1. The number of imidazole rings is 1. The highest BCUT2D eigenvalue weighted by Crippen LogP contribution is 2.39. The summed E-state index contributed by atoms with van der Waals surface area (Å²) in [6.45, 7) is 0.204. The number of aliphatic hydroxyl groups excluding tert-OH is 1. The van der Waals surface area contributed by atoms with Crippen LogP contribution in [-0.4, -0.2) is 31.2 Å². The van der Waals surface area contributed by atoms with Gasteiger partial charge in [0, 0.05) is 25.0 Å². The molecule has 0 amide bonds. The van der Waals surface area contributed by atoms with E-state index in [9.17, 15) is 5.11 Å². The molecule has 7 heteroatoms. The van der Waals surface area contributed by atoms with E-state index in [2.05, 4.69) is 43.0 Å². The molecule has 7 nitrogen and oxygen atoms in total. The highest BCUT2D eigenvalue weighted by molar-refractivity contribution is 5.85. The molecule has 1 saturated carbocycles. The van der Waals surface area contributed by atoms with Crippen LogP contribution in [0.5, 0.6) is 0 Å². The molecule has 160 valence electrons. The molecule has 0 atom stereocenters. The number of aromatic nitrogens is 4. The predicted octanol–water partition coefficient (Wildman–Crippen LogP) is 4.76. The van der Waals surface area contributed by atoms with E-state index in [-0.39, 0.29) is 6.61 Å². The van der Waals surface area contributed by atoms with Crippen molar-refractivity contribution in [2.24, 2.45) is 0 Å². The molecule has 2 N–H and O–H groups in total. The molecule has 1 aliphatic rings. The monoisotopic (exact) mass is 424 g/mol. The lowest BCUT2D eigenvalue weighted by molar-refractivity contribution is 0.284. The number of nitriles is 1. The van der Waals surface area contributed by atoms with E-state index in [0.29, 0.717) is 23.2 Å². The van der Waals surface area contributed by atoms with Crippen LogP contribution in [-0.2, 0) is 6.42 Å². The first-order valence-electron chi connectivity index (χ1n) is 10.9. The quantitative estimate of drug-likeness (QED) is 0.396. The molecule has 0 radical (unpaired) electrons. The van der Waals surface area contributed by atoms with E-state index in [1.54, 1.807) is 24.5 Å². The van der Waals surface area contributed by atoms with Gasteiger partial charge in [-0.25, -0.2) is 15.0 Å². The molecule has 4 aromatic rings. The second kappa shape index (κ2) is 8.77. The first-order valence-corrected chi connectivity index (χ1v) is 10.9. The Morgan fingerprint density at radius 1 is 1.03 bits per heavy atom. The van der Waals surface area contributed by atoms with Crippen LogP contribution >= 0.6 is 0 Å². The molecule has 0 unspecified atom stereocenters. The molecule has 32 heavy (non-hydrogen) atoms. The van der Waals surface area contributed by atoms with Crippen molar-refractivity contribution in [3.05, 3.63) is 66.2 Å². The summed E-state index contributed by atoms with van der Waals surface area (Å²) in [6.07, 6.45) is 10.4. The molecule has 1 aromatic carbocycles. The van der Waals surface area contributed by atoms with E-state index in [1.807, 2.05) is 18.5 Å². The maximum Gasteiger partial charge on any atom is 0.132 e. The number of anilines is 2. The minimum absolute atomic E-state index is 0.204. The standard InChI is InChI=1S/C25H24N6O/c26-15-17-6-8-27-24(11-17)30-25-13-19(7-9-28-25)21-14-22-23(12-18(21)3-1-2-10-32)31(16-29-22)20-4-5-20/h6-9,11-14,16,20,32H,1-5,10H2,(H,27,28,30). The molecule has 3 aromatic heterocycles. The molecule has 0 bridgehead atoms. The number of rotatable bonds is 8. The Labute approximate surface area is 186 Å². The van der Waals surface area contributed by atoms with Gasteiger partial charge in [-0.3, -0.25) is 0 Å². The number of benzene rings is 1. The molecule has 0 spiro atoms. The minimum atomic E-state index is 0.204. The highest BCUT2D eigenvalue weighted by Gasteiger charge is 2.25. The lowest BCUT2D eigenvalue weighted by Gasteiger charge is -2.13. The smallest absolute Gasteiger partial charge is 0.132 e. The Hall–Kier alpha value is -3.76. The van der Waals surface area contributed by atoms with Crippen LogP contribution < -0.4 is 5.32 Å². The first kappa shape index (κ1) is 20.2. The lowest BCUT2D eigenvalue weighted by atomic mass is 9.95.